The molecule has 1 aromatic carbocycles. The first-order valence-corrected chi connectivity index (χ1v) is 10.3. The Morgan fingerprint density at radius 2 is 2.07 bits per heavy atom. The van der Waals surface area contributed by atoms with Gasteiger partial charge in [-0.05, 0) is 51.1 Å². The second kappa shape index (κ2) is 9.51. The molecule has 0 fully saturated rings. The SMILES string of the molecule is CCCCN(C)CCC(=O)Nc1c(C#N)cnn1-c1cc(C)c2cccc(C)c2n1. The van der Waals surface area contributed by atoms with Crippen LogP contribution >= 0.6 is 0 Å². The van der Waals surface area contributed by atoms with Crippen LogP contribution in [0, 0.1) is 25.2 Å². The van der Waals surface area contributed by atoms with E-state index in [1.807, 2.05) is 45.2 Å². The van der Waals surface area contributed by atoms with Crippen molar-refractivity contribution in [2.75, 3.05) is 25.5 Å². The molecule has 7 nitrogen and oxygen atoms in total. The topological polar surface area (TPSA) is 86.8 Å². The summed E-state index contributed by atoms with van der Waals surface area (Å²) in [6, 6.07) is 10.1. The molecule has 1 amide bonds. The van der Waals surface area contributed by atoms with Crippen molar-refractivity contribution in [1.29, 1.82) is 5.26 Å². The minimum absolute atomic E-state index is 0.148. The monoisotopic (exact) mass is 404 g/mol. The Hall–Kier alpha value is -3.24. The lowest BCUT2D eigenvalue weighted by molar-refractivity contribution is -0.116. The number of benzene rings is 1. The van der Waals surface area contributed by atoms with Gasteiger partial charge in [0.05, 0.1) is 11.7 Å². The van der Waals surface area contributed by atoms with Crippen LogP contribution in [0.4, 0.5) is 5.82 Å². The van der Waals surface area contributed by atoms with Crippen LogP contribution in [0.15, 0.2) is 30.5 Å². The Balaban J connectivity index is 1.87. The van der Waals surface area contributed by atoms with E-state index in [1.165, 1.54) is 10.9 Å². The molecule has 1 N–H and O–H groups in total. The number of unbranched alkanes of at least 4 members (excludes halogenated alkanes) is 1. The van der Waals surface area contributed by atoms with Gasteiger partial charge in [0.1, 0.15) is 11.6 Å². The smallest absolute Gasteiger partial charge is 0.226 e. The van der Waals surface area contributed by atoms with E-state index in [1.54, 1.807) is 0 Å². The summed E-state index contributed by atoms with van der Waals surface area (Å²) < 4.78 is 1.54. The Morgan fingerprint density at radius 3 is 2.80 bits per heavy atom. The highest BCUT2D eigenvalue weighted by Crippen LogP contribution is 2.25. The molecular formula is C23H28N6O. The molecule has 2 aromatic heterocycles. The molecule has 0 unspecified atom stereocenters. The van der Waals surface area contributed by atoms with E-state index in [9.17, 15) is 10.1 Å². The first-order chi connectivity index (χ1) is 14.4. The van der Waals surface area contributed by atoms with Gasteiger partial charge in [0.25, 0.3) is 0 Å². The van der Waals surface area contributed by atoms with Gasteiger partial charge in [-0.1, -0.05) is 31.5 Å². The average Bonchev–Trinajstić information content (AvgIpc) is 3.13. The molecule has 0 atom stereocenters. The number of aromatic nitrogens is 3. The van der Waals surface area contributed by atoms with Crippen molar-refractivity contribution in [3.05, 3.63) is 47.2 Å². The van der Waals surface area contributed by atoms with Crippen LogP contribution in [0.25, 0.3) is 16.7 Å². The Kier molecular flexibility index (Phi) is 6.80. The predicted octanol–water partition coefficient (Wildman–Crippen LogP) is 3.97. The lowest BCUT2D eigenvalue weighted by atomic mass is 10.1. The molecule has 7 heteroatoms. The minimum Gasteiger partial charge on any atom is -0.309 e. The Bertz CT molecular complexity index is 1100. The summed E-state index contributed by atoms with van der Waals surface area (Å²) in [7, 11) is 2.01. The third-order valence-corrected chi connectivity index (χ3v) is 5.21. The number of rotatable bonds is 8. The van der Waals surface area contributed by atoms with Gasteiger partial charge in [-0.25, -0.2) is 4.98 Å². The Morgan fingerprint density at radius 1 is 1.27 bits per heavy atom. The summed E-state index contributed by atoms with van der Waals surface area (Å²) in [6.07, 6.45) is 4.04. The number of carbonyl (C=O) groups is 1. The van der Waals surface area contributed by atoms with E-state index >= 15 is 0 Å². The zero-order valence-electron chi connectivity index (χ0n) is 18.1. The first-order valence-electron chi connectivity index (χ1n) is 10.3. The van der Waals surface area contributed by atoms with Crippen molar-refractivity contribution >= 4 is 22.6 Å². The molecular weight excluding hydrogens is 376 g/mol. The number of nitrogens with zero attached hydrogens (tertiary/aromatic N) is 5. The van der Waals surface area contributed by atoms with Crippen molar-refractivity contribution in [3.63, 3.8) is 0 Å². The standard InChI is InChI=1S/C23H28N6O/c1-5-6-11-28(4)12-10-21(30)27-23-18(14-24)15-25-29(23)20-13-17(3)19-9-7-8-16(2)22(19)26-20/h7-9,13,15H,5-6,10-12H2,1-4H3,(H,27,30). The average molecular weight is 405 g/mol. The molecule has 3 rings (SSSR count). The fourth-order valence-electron chi connectivity index (χ4n) is 3.40. The second-order valence-electron chi connectivity index (χ2n) is 7.65. The van der Waals surface area contributed by atoms with Crippen LogP contribution in [0.2, 0.25) is 0 Å². The zero-order chi connectivity index (χ0) is 21.7. The molecule has 3 aromatic rings. The number of carbonyl (C=O) groups excluding carboxylic acids is 1. The van der Waals surface area contributed by atoms with E-state index in [-0.39, 0.29) is 5.91 Å². The Labute approximate surface area is 177 Å². The van der Waals surface area contributed by atoms with Crippen LogP contribution in [-0.2, 0) is 4.79 Å². The highest BCUT2D eigenvalue weighted by molar-refractivity contribution is 5.92. The molecule has 0 spiro atoms. The van der Waals surface area contributed by atoms with E-state index in [4.69, 9.17) is 4.98 Å². The number of para-hydroxylation sites is 1. The number of hydrogen-bond acceptors (Lipinski definition) is 5. The number of nitrogens with one attached hydrogen (secondary N) is 1. The molecule has 0 radical (unpaired) electrons. The predicted molar refractivity (Wildman–Crippen MR) is 119 cm³/mol. The number of nitriles is 1. The lowest BCUT2D eigenvalue weighted by Crippen LogP contribution is -2.26. The van der Waals surface area contributed by atoms with Gasteiger partial charge < -0.3 is 10.2 Å². The van der Waals surface area contributed by atoms with Crippen LogP contribution < -0.4 is 5.32 Å². The fraction of sp³-hybridized carbons (Fsp3) is 0.391. The molecule has 0 saturated carbocycles. The lowest BCUT2D eigenvalue weighted by Gasteiger charge is -2.16. The normalized spacial score (nSPS) is 11.1. The van der Waals surface area contributed by atoms with Crippen LogP contribution in [0.3, 0.4) is 0 Å². The van der Waals surface area contributed by atoms with E-state index in [0.717, 1.165) is 41.4 Å². The van der Waals surface area contributed by atoms with Gasteiger partial charge in [0.15, 0.2) is 11.6 Å². The molecule has 0 bridgehead atoms. The number of hydrogen-bond donors (Lipinski definition) is 1. The molecule has 0 aliphatic heterocycles. The first kappa shape index (κ1) is 21.5. The van der Waals surface area contributed by atoms with Crippen molar-refractivity contribution in [3.8, 4) is 11.9 Å². The van der Waals surface area contributed by atoms with Crippen LogP contribution in [0.5, 0.6) is 0 Å². The van der Waals surface area contributed by atoms with Crippen molar-refractivity contribution in [2.24, 2.45) is 0 Å². The van der Waals surface area contributed by atoms with Gasteiger partial charge in [0.2, 0.25) is 5.91 Å². The molecule has 30 heavy (non-hydrogen) atoms. The highest BCUT2D eigenvalue weighted by atomic mass is 16.1. The third kappa shape index (κ3) is 4.66. The second-order valence-corrected chi connectivity index (χ2v) is 7.65. The summed E-state index contributed by atoms with van der Waals surface area (Å²) in [5.41, 5.74) is 3.32. The summed E-state index contributed by atoms with van der Waals surface area (Å²) >= 11 is 0. The minimum atomic E-state index is -0.148. The van der Waals surface area contributed by atoms with Crippen molar-refractivity contribution in [2.45, 2.75) is 40.0 Å². The van der Waals surface area contributed by atoms with E-state index in [0.29, 0.717) is 30.2 Å². The maximum absolute atomic E-state index is 12.6. The van der Waals surface area contributed by atoms with Crippen molar-refractivity contribution < 1.29 is 4.79 Å². The highest BCUT2D eigenvalue weighted by Gasteiger charge is 2.17. The molecule has 0 saturated heterocycles. The van der Waals surface area contributed by atoms with Gasteiger partial charge in [0, 0.05) is 18.4 Å². The van der Waals surface area contributed by atoms with Gasteiger partial charge in [-0.3, -0.25) is 4.79 Å². The number of amides is 1. The third-order valence-electron chi connectivity index (χ3n) is 5.21. The van der Waals surface area contributed by atoms with E-state index < -0.39 is 0 Å². The summed E-state index contributed by atoms with van der Waals surface area (Å²) in [5.74, 6) is 0.787. The zero-order valence-corrected chi connectivity index (χ0v) is 18.1. The van der Waals surface area contributed by atoms with E-state index in [2.05, 4.69) is 28.3 Å². The number of aryl methyl sites for hydroxylation is 2. The van der Waals surface area contributed by atoms with Gasteiger partial charge in [-0.2, -0.15) is 15.0 Å². The van der Waals surface area contributed by atoms with Crippen LogP contribution in [-0.4, -0.2) is 45.7 Å². The van der Waals surface area contributed by atoms with Crippen LogP contribution in [0.1, 0.15) is 42.9 Å². The number of anilines is 1. The summed E-state index contributed by atoms with van der Waals surface area (Å²) in [6.45, 7) is 7.81. The quantitative estimate of drug-likeness (QED) is 0.614. The molecule has 156 valence electrons. The van der Waals surface area contributed by atoms with Gasteiger partial charge >= 0.3 is 0 Å². The maximum atomic E-state index is 12.6. The number of pyridine rings is 1. The molecule has 2 heterocycles. The summed E-state index contributed by atoms with van der Waals surface area (Å²) in [4.78, 5) is 19.5. The largest absolute Gasteiger partial charge is 0.309 e. The number of fused-ring (bicyclic) bond motifs is 1. The van der Waals surface area contributed by atoms with Crippen molar-refractivity contribution in [1.82, 2.24) is 19.7 Å². The molecule has 0 aliphatic carbocycles. The van der Waals surface area contributed by atoms with Gasteiger partial charge in [-0.15, -0.1) is 0 Å². The maximum Gasteiger partial charge on any atom is 0.226 e. The fourth-order valence-corrected chi connectivity index (χ4v) is 3.40. The molecule has 0 aliphatic rings. The summed E-state index contributed by atoms with van der Waals surface area (Å²) in [5, 5.41) is 17.8.